The fourth-order valence-electron chi connectivity index (χ4n) is 5.94. The van der Waals surface area contributed by atoms with Gasteiger partial charge in [0.2, 0.25) is 0 Å². The topological polar surface area (TPSA) is 0 Å². The van der Waals surface area contributed by atoms with Gasteiger partial charge in [0.15, 0.2) is 0 Å². The fraction of sp³-hybridized carbons (Fsp3) is 0.829. The minimum Gasteiger partial charge on any atom is -0.322 e. The molecule has 0 heterocycles. The van der Waals surface area contributed by atoms with Crippen LogP contribution < -0.4 is 0 Å². The maximum Gasteiger partial charge on any atom is 0.104 e. The zero-order chi connectivity index (χ0) is 26.2. The molecule has 1 unspecified atom stereocenters. The Kier molecular flexibility index (Phi) is 21.5. The van der Waals surface area contributed by atoms with Crippen molar-refractivity contribution in [1.29, 1.82) is 0 Å². The standard InChI is InChI=1S/C35H66N/c1-5-7-9-11-13-15-16-17-18-19-21-23-28-32-35(31-27-22-20-14-12-10-8-6-2)36(3,4)33-34-29-25-24-26-30-34/h24-26,29-30,35H,5-23,27-28,31-33H2,1-4H3/q+1. The van der Waals surface area contributed by atoms with E-state index in [2.05, 4.69) is 58.3 Å². The van der Waals surface area contributed by atoms with Crippen LogP contribution in [0.4, 0.5) is 0 Å². The maximum atomic E-state index is 2.49. The molecule has 1 heteroatoms. The highest BCUT2D eigenvalue weighted by molar-refractivity contribution is 5.13. The molecule has 1 nitrogen and oxygen atoms in total. The monoisotopic (exact) mass is 501 g/mol. The SMILES string of the molecule is CCCCCCCCCCCCCCCC(CCCCCCCCCC)[N+](C)(C)Cc1ccccc1. The Bertz CT molecular complexity index is 563. The third-order valence-electron chi connectivity index (χ3n) is 8.45. The number of hydrogen-bond donors (Lipinski definition) is 0. The zero-order valence-electron chi connectivity index (χ0n) is 25.4. The van der Waals surface area contributed by atoms with Crippen LogP contribution in [0.1, 0.15) is 167 Å². The van der Waals surface area contributed by atoms with E-state index in [-0.39, 0.29) is 0 Å². The molecule has 0 aliphatic rings. The summed E-state index contributed by atoms with van der Waals surface area (Å²) in [5.74, 6) is 0. The number of nitrogens with zero attached hydrogens (tertiary/aromatic N) is 1. The molecule has 36 heavy (non-hydrogen) atoms. The molecule has 0 saturated carbocycles. The van der Waals surface area contributed by atoms with Crippen LogP contribution in [-0.4, -0.2) is 24.6 Å². The van der Waals surface area contributed by atoms with Crippen molar-refractivity contribution in [3.63, 3.8) is 0 Å². The number of benzene rings is 1. The Labute approximate surface area is 228 Å². The molecular weight excluding hydrogens is 434 g/mol. The zero-order valence-corrected chi connectivity index (χ0v) is 25.4. The van der Waals surface area contributed by atoms with Gasteiger partial charge in [0.25, 0.3) is 0 Å². The Morgan fingerprint density at radius 3 is 1.17 bits per heavy atom. The lowest BCUT2D eigenvalue weighted by Gasteiger charge is -2.39. The summed E-state index contributed by atoms with van der Waals surface area (Å²) in [5.41, 5.74) is 1.49. The van der Waals surface area contributed by atoms with Gasteiger partial charge in [-0.3, -0.25) is 0 Å². The summed E-state index contributed by atoms with van der Waals surface area (Å²) in [6.45, 7) is 5.79. The lowest BCUT2D eigenvalue weighted by Crippen LogP contribution is -2.48. The van der Waals surface area contributed by atoms with Crippen LogP contribution in [0.25, 0.3) is 0 Å². The van der Waals surface area contributed by atoms with Crippen molar-refractivity contribution >= 4 is 0 Å². The predicted molar refractivity (Wildman–Crippen MR) is 164 cm³/mol. The first-order valence-electron chi connectivity index (χ1n) is 16.5. The van der Waals surface area contributed by atoms with Crippen LogP contribution in [0.15, 0.2) is 30.3 Å². The van der Waals surface area contributed by atoms with Crippen LogP contribution in [0, 0.1) is 0 Å². The van der Waals surface area contributed by atoms with E-state index in [0.29, 0.717) is 0 Å². The van der Waals surface area contributed by atoms with Crippen molar-refractivity contribution in [1.82, 2.24) is 0 Å². The van der Waals surface area contributed by atoms with E-state index in [0.717, 1.165) is 10.5 Å². The second-order valence-electron chi connectivity index (χ2n) is 12.4. The van der Waals surface area contributed by atoms with E-state index in [1.165, 1.54) is 160 Å². The molecule has 0 aliphatic heterocycles. The molecule has 0 bridgehead atoms. The molecule has 0 aliphatic carbocycles. The Morgan fingerprint density at radius 2 is 0.806 bits per heavy atom. The number of hydrogen-bond acceptors (Lipinski definition) is 0. The summed E-state index contributed by atoms with van der Waals surface area (Å²) in [5, 5.41) is 0. The van der Waals surface area contributed by atoms with Gasteiger partial charge in [-0.2, -0.15) is 0 Å². The van der Waals surface area contributed by atoms with Gasteiger partial charge in [0, 0.05) is 5.56 Å². The third kappa shape index (κ3) is 18.4. The number of rotatable bonds is 26. The largest absolute Gasteiger partial charge is 0.322 e. The summed E-state index contributed by atoms with van der Waals surface area (Å²) in [6, 6.07) is 12.0. The highest BCUT2D eigenvalue weighted by Gasteiger charge is 2.27. The number of quaternary nitrogens is 1. The lowest BCUT2D eigenvalue weighted by atomic mass is 9.96. The second kappa shape index (κ2) is 23.3. The fourth-order valence-corrected chi connectivity index (χ4v) is 5.94. The minimum atomic E-state index is 0.804. The molecule has 0 saturated heterocycles. The van der Waals surface area contributed by atoms with Crippen molar-refractivity contribution in [2.24, 2.45) is 0 Å². The van der Waals surface area contributed by atoms with Gasteiger partial charge in [-0.1, -0.05) is 166 Å². The average molecular weight is 501 g/mol. The molecule has 0 spiro atoms. The Balaban J connectivity index is 2.26. The predicted octanol–water partition coefficient (Wildman–Crippen LogP) is 11.6. The minimum absolute atomic E-state index is 0.804. The van der Waals surface area contributed by atoms with E-state index in [1.54, 1.807) is 0 Å². The van der Waals surface area contributed by atoms with Crippen molar-refractivity contribution in [2.45, 2.75) is 174 Å². The normalized spacial score (nSPS) is 12.8. The van der Waals surface area contributed by atoms with E-state index in [1.807, 2.05) is 0 Å². The molecule has 0 amide bonds. The quantitative estimate of drug-likeness (QED) is 0.0876. The molecule has 1 atom stereocenters. The molecular formula is C35H66N+. The van der Waals surface area contributed by atoms with Gasteiger partial charge in [-0.05, 0) is 25.7 Å². The summed E-state index contributed by atoms with van der Waals surface area (Å²) < 4.78 is 1.15. The number of unbranched alkanes of at least 4 members (excludes halogenated alkanes) is 19. The smallest absolute Gasteiger partial charge is 0.104 e. The van der Waals surface area contributed by atoms with Crippen molar-refractivity contribution < 1.29 is 4.48 Å². The van der Waals surface area contributed by atoms with Crippen molar-refractivity contribution in [2.75, 3.05) is 14.1 Å². The van der Waals surface area contributed by atoms with Crippen LogP contribution in [0.3, 0.4) is 0 Å². The molecule has 1 rings (SSSR count). The lowest BCUT2D eigenvalue weighted by molar-refractivity contribution is -0.928. The van der Waals surface area contributed by atoms with Gasteiger partial charge in [0.05, 0.1) is 20.1 Å². The molecule has 210 valence electrons. The first kappa shape index (κ1) is 33.2. The van der Waals surface area contributed by atoms with Crippen LogP contribution >= 0.6 is 0 Å². The van der Waals surface area contributed by atoms with E-state index >= 15 is 0 Å². The van der Waals surface area contributed by atoms with Gasteiger partial charge < -0.3 is 4.48 Å². The molecule has 0 radical (unpaired) electrons. The third-order valence-corrected chi connectivity index (χ3v) is 8.45. The van der Waals surface area contributed by atoms with E-state index < -0.39 is 0 Å². The average Bonchev–Trinajstić information content (AvgIpc) is 2.87. The van der Waals surface area contributed by atoms with E-state index in [4.69, 9.17) is 0 Å². The first-order chi connectivity index (χ1) is 17.6. The molecule has 1 aromatic carbocycles. The van der Waals surface area contributed by atoms with Crippen LogP contribution in [-0.2, 0) is 6.54 Å². The van der Waals surface area contributed by atoms with Gasteiger partial charge in [-0.15, -0.1) is 0 Å². The highest BCUT2D eigenvalue weighted by Crippen LogP contribution is 2.25. The first-order valence-corrected chi connectivity index (χ1v) is 16.5. The summed E-state index contributed by atoms with van der Waals surface area (Å²) >= 11 is 0. The maximum absolute atomic E-state index is 2.49. The van der Waals surface area contributed by atoms with Gasteiger partial charge in [-0.25, -0.2) is 0 Å². The summed E-state index contributed by atoms with van der Waals surface area (Å²) in [7, 11) is 4.98. The molecule has 0 fully saturated rings. The highest BCUT2D eigenvalue weighted by atomic mass is 15.3. The molecule has 0 aromatic heterocycles. The summed E-state index contributed by atoms with van der Waals surface area (Å²) in [6.07, 6.45) is 33.1. The van der Waals surface area contributed by atoms with Gasteiger partial charge in [0.1, 0.15) is 6.54 Å². The molecule has 1 aromatic rings. The summed E-state index contributed by atoms with van der Waals surface area (Å²) in [4.78, 5) is 0. The molecule has 0 N–H and O–H groups in total. The van der Waals surface area contributed by atoms with E-state index in [9.17, 15) is 0 Å². The Hall–Kier alpha value is -0.820. The Morgan fingerprint density at radius 1 is 0.472 bits per heavy atom. The van der Waals surface area contributed by atoms with Crippen LogP contribution in [0.2, 0.25) is 0 Å². The second-order valence-corrected chi connectivity index (χ2v) is 12.4. The van der Waals surface area contributed by atoms with Gasteiger partial charge >= 0.3 is 0 Å². The van der Waals surface area contributed by atoms with Crippen LogP contribution in [0.5, 0.6) is 0 Å². The van der Waals surface area contributed by atoms with Crippen molar-refractivity contribution in [3.8, 4) is 0 Å². The van der Waals surface area contributed by atoms with Crippen molar-refractivity contribution in [3.05, 3.63) is 35.9 Å².